The van der Waals surface area contributed by atoms with Crippen LogP contribution in [0.15, 0.2) is 93.3 Å². The number of hydrogen-bond donors (Lipinski definition) is 0. The molecule has 0 unspecified atom stereocenters. The molecule has 1 aromatic heterocycles. The number of thiazole rings is 1. The maximum atomic E-state index is 13.5. The minimum absolute atomic E-state index is 0.137. The number of carbonyl (C=O) groups excluding carboxylic acids is 1. The summed E-state index contributed by atoms with van der Waals surface area (Å²) >= 11 is 4.86. The molecule has 1 aliphatic heterocycles. The van der Waals surface area contributed by atoms with Gasteiger partial charge < -0.3 is 0 Å². The Morgan fingerprint density at radius 2 is 1.70 bits per heavy atom. The Kier molecular flexibility index (Phi) is 6.35. The smallest absolute Gasteiger partial charge is 0.267 e. The van der Waals surface area contributed by atoms with Crippen LogP contribution in [0.5, 0.6) is 0 Å². The standard InChI is InChI=1S/C26H21N3OS3/c1-17-7-11-20(12-8-17)32-16-23-21(15-18-9-13-19(31-2)14-10-18)25(30)29(28-23)26-27-22-5-3-4-6-24(22)33-26/h3-15H,16H2,1-2H3/b21-15-. The van der Waals surface area contributed by atoms with Crippen LogP contribution in [0.4, 0.5) is 5.13 Å². The van der Waals surface area contributed by atoms with Gasteiger partial charge in [-0.25, -0.2) is 4.98 Å². The Morgan fingerprint density at radius 1 is 0.970 bits per heavy atom. The first-order valence-corrected chi connectivity index (χ1v) is 13.5. The average Bonchev–Trinajstić information content (AvgIpc) is 3.40. The van der Waals surface area contributed by atoms with Crippen LogP contribution in [0.2, 0.25) is 0 Å². The zero-order valence-corrected chi connectivity index (χ0v) is 20.6. The molecule has 0 fully saturated rings. The van der Waals surface area contributed by atoms with Gasteiger partial charge in [0.2, 0.25) is 5.13 Å². The van der Waals surface area contributed by atoms with Gasteiger partial charge >= 0.3 is 0 Å². The topological polar surface area (TPSA) is 45.6 Å². The van der Waals surface area contributed by atoms with Crippen molar-refractivity contribution in [3.63, 3.8) is 0 Å². The van der Waals surface area contributed by atoms with Crippen LogP contribution >= 0.6 is 34.9 Å². The average molecular weight is 488 g/mol. The van der Waals surface area contributed by atoms with Gasteiger partial charge in [-0.3, -0.25) is 4.79 Å². The van der Waals surface area contributed by atoms with E-state index >= 15 is 0 Å². The van der Waals surface area contributed by atoms with E-state index in [1.165, 1.54) is 26.8 Å². The number of rotatable bonds is 6. The van der Waals surface area contributed by atoms with Crippen molar-refractivity contribution in [1.29, 1.82) is 0 Å². The van der Waals surface area contributed by atoms with Gasteiger partial charge in [-0.2, -0.15) is 10.1 Å². The molecule has 4 aromatic rings. The molecule has 2 heterocycles. The monoisotopic (exact) mass is 487 g/mol. The molecule has 164 valence electrons. The normalized spacial score (nSPS) is 15.0. The molecule has 0 radical (unpaired) electrons. The Labute approximate surface area is 205 Å². The molecule has 0 N–H and O–H groups in total. The second-order valence-electron chi connectivity index (χ2n) is 7.56. The van der Waals surface area contributed by atoms with Crippen LogP contribution in [0.25, 0.3) is 16.3 Å². The maximum Gasteiger partial charge on any atom is 0.282 e. The minimum atomic E-state index is -0.137. The van der Waals surface area contributed by atoms with Crippen molar-refractivity contribution in [3.05, 3.63) is 89.5 Å². The van der Waals surface area contributed by atoms with E-state index in [0.29, 0.717) is 16.5 Å². The lowest BCUT2D eigenvalue weighted by atomic mass is 10.1. The first-order chi connectivity index (χ1) is 16.1. The number of nitrogens with zero attached hydrogens (tertiary/aromatic N) is 3. The fourth-order valence-electron chi connectivity index (χ4n) is 3.44. The van der Waals surface area contributed by atoms with Gasteiger partial charge in [0.1, 0.15) is 0 Å². The highest BCUT2D eigenvalue weighted by Gasteiger charge is 2.33. The Balaban J connectivity index is 1.49. The molecule has 0 aliphatic carbocycles. The van der Waals surface area contributed by atoms with E-state index in [1.54, 1.807) is 23.5 Å². The first kappa shape index (κ1) is 21.9. The number of aryl methyl sites for hydroxylation is 1. The summed E-state index contributed by atoms with van der Waals surface area (Å²) in [6.07, 6.45) is 3.99. The molecular weight excluding hydrogens is 467 g/mol. The van der Waals surface area contributed by atoms with Crippen molar-refractivity contribution in [2.75, 3.05) is 17.0 Å². The van der Waals surface area contributed by atoms with E-state index in [4.69, 9.17) is 5.10 Å². The largest absolute Gasteiger partial charge is 0.282 e. The lowest BCUT2D eigenvalue weighted by molar-refractivity contribution is -0.114. The van der Waals surface area contributed by atoms with Gasteiger partial charge in [0.05, 0.1) is 21.5 Å². The molecule has 0 saturated carbocycles. The van der Waals surface area contributed by atoms with E-state index in [9.17, 15) is 4.79 Å². The second-order valence-corrected chi connectivity index (χ2v) is 10.5. The van der Waals surface area contributed by atoms with E-state index in [1.807, 2.05) is 42.5 Å². The Morgan fingerprint density at radius 3 is 2.42 bits per heavy atom. The van der Waals surface area contributed by atoms with Crippen molar-refractivity contribution in [1.82, 2.24) is 4.98 Å². The van der Waals surface area contributed by atoms with Crippen LogP contribution < -0.4 is 5.01 Å². The van der Waals surface area contributed by atoms with Crippen LogP contribution in [0.3, 0.4) is 0 Å². The Bertz CT molecular complexity index is 1340. The summed E-state index contributed by atoms with van der Waals surface area (Å²) in [7, 11) is 0. The highest BCUT2D eigenvalue weighted by Crippen LogP contribution is 2.34. The van der Waals surface area contributed by atoms with Crippen LogP contribution in [0.1, 0.15) is 11.1 Å². The third-order valence-electron chi connectivity index (χ3n) is 5.24. The fraction of sp³-hybridized carbons (Fsp3) is 0.115. The molecule has 4 nitrogen and oxygen atoms in total. The highest BCUT2D eigenvalue weighted by molar-refractivity contribution is 8.00. The molecular formula is C26H21N3OS3. The predicted molar refractivity (Wildman–Crippen MR) is 143 cm³/mol. The predicted octanol–water partition coefficient (Wildman–Crippen LogP) is 6.91. The summed E-state index contributed by atoms with van der Waals surface area (Å²) in [5.74, 6) is 0.466. The third-order valence-corrected chi connectivity index (χ3v) is 8.02. The number of thioether (sulfide) groups is 2. The van der Waals surface area contributed by atoms with Crippen LogP contribution in [-0.2, 0) is 4.79 Å². The van der Waals surface area contributed by atoms with Gasteiger partial charge in [0.25, 0.3) is 5.91 Å². The molecule has 7 heteroatoms. The molecule has 0 saturated heterocycles. The molecule has 0 spiro atoms. The van der Waals surface area contributed by atoms with E-state index in [-0.39, 0.29) is 5.91 Å². The summed E-state index contributed by atoms with van der Waals surface area (Å²) < 4.78 is 1.04. The number of anilines is 1. The first-order valence-electron chi connectivity index (χ1n) is 10.4. The second kappa shape index (κ2) is 9.55. The summed E-state index contributed by atoms with van der Waals surface area (Å²) in [5.41, 5.74) is 4.46. The molecule has 3 aromatic carbocycles. The number of hydrazone groups is 1. The lowest BCUT2D eigenvalue weighted by Crippen LogP contribution is -2.21. The number of benzene rings is 3. The highest BCUT2D eigenvalue weighted by atomic mass is 32.2. The number of carbonyl (C=O) groups is 1. The van der Waals surface area contributed by atoms with Crippen molar-refractivity contribution in [3.8, 4) is 0 Å². The van der Waals surface area contributed by atoms with Gasteiger partial charge in [0, 0.05) is 15.5 Å². The minimum Gasteiger partial charge on any atom is -0.267 e. The molecule has 5 rings (SSSR count). The van der Waals surface area contributed by atoms with Gasteiger partial charge in [-0.05, 0) is 61.2 Å². The van der Waals surface area contributed by atoms with E-state index < -0.39 is 0 Å². The summed E-state index contributed by atoms with van der Waals surface area (Å²) in [4.78, 5) is 20.5. The molecule has 0 bridgehead atoms. The molecule has 0 atom stereocenters. The molecule has 33 heavy (non-hydrogen) atoms. The van der Waals surface area contributed by atoms with Gasteiger partial charge in [-0.1, -0.05) is 53.3 Å². The van der Waals surface area contributed by atoms with E-state index in [2.05, 4.69) is 54.6 Å². The van der Waals surface area contributed by atoms with Crippen molar-refractivity contribution in [2.24, 2.45) is 5.10 Å². The number of aromatic nitrogens is 1. The lowest BCUT2D eigenvalue weighted by Gasteiger charge is -2.06. The number of para-hydroxylation sites is 1. The SMILES string of the molecule is CSc1ccc(/C=C2\C(=O)N(c3nc4ccccc4s3)N=C2CSc2ccc(C)cc2)cc1. The Hall–Kier alpha value is -2.87. The third kappa shape index (κ3) is 4.76. The van der Waals surface area contributed by atoms with Crippen molar-refractivity contribution < 1.29 is 4.79 Å². The molecule has 1 amide bonds. The number of amides is 1. The van der Waals surface area contributed by atoms with Gasteiger partial charge in [-0.15, -0.1) is 23.5 Å². The number of hydrogen-bond acceptors (Lipinski definition) is 6. The zero-order chi connectivity index (χ0) is 22.8. The number of fused-ring (bicyclic) bond motifs is 1. The summed E-state index contributed by atoms with van der Waals surface area (Å²) in [5, 5.41) is 6.79. The molecule has 1 aliphatic rings. The van der Waals surface area contributed by atoms with E-state index in [0.717, 1.165) is 26.4 Å². The van der Waals surface area contributed by atoms with Crippen molar-refractivity contribution >= 4 is 67.9 Å². The maximum absolute atomic E-state index is 13.5. The summed E-state index contributed by atoms with van der Waals surface area (Å²) in [6.45, 7) is 2.08. The fourth-order valence-corrected chi connectivity index (χ4v) is 5.61. The van der Waals surface area contributed by atoms with Crippen LogP contribution in [-0.4, -0.2) is 28.6 Å². The zero-order valence-electron chi connectivity index (χ0n) is 18.2. The van der Waals surface area contributed by atoms with Crippen LogP contribution in [0, 0.1) is 6.92 Å². The van der Waals surface area contributed by atoms with Gasteiger partial charge in [0.15, 0.2) is 0 Å². The quantitative estimate of drug-likeness (QED) is 0.219. The van der Waals surface area contributed by atoms with Crippen molar-refractivity contribution in [2.45, 2.75) is 16.7 Å². The summed E-state index contributed by atoms with van der Waals surface area (Å²) in [6, 6.07) is 24.5.